The molecule has 350 valence electrons. The Morgan fingerprint density at radius 1 is 0.677 bits per heavy atom. The van der Waals surface area contributed by atoms with Gasteiger partial charge < -0.3 is 59.6 Å². The van der Waals surface area contributed by atoms with Crippen molar-refractivity contribution in [1.29, 1.82) is 0 Å². The summed E-state index contributed by atoms with van der Waals surface area (Å²) in [7, 11) is 0. The van der Waals surface area contributed by atoms with Crippen molar-refractivity contribution < 1.29 is 47.6 Å². The molecule has 0 bridgehead atoms. The summed E-state index contributed by atoms with van der Waals surface area (Å²) in [6, 6.07) is 16.5. The van der Waals surface area contributed by atoms with Gasteiger partial charge in [-0.1, -0.05) is 49.2 Å². The molecule has 6 N–H and O–H groups in total. The van der Waals surface area contributed by atoms with Crippen LogP contribution in [0.25, 0.3) is 0 Å². The largest absolute Gasteiger partial charge is 0.491 e. The molecule has 1 saturated heterocycles. The molecule has 17 heteroatoms. The summed E-state index contributed by atoms with van der Waals surface area (Å²) in [4.78, 5) is 22.0. The van der Waals surface area contributed by atoms with Crippen molar-refractivity contribution in [3.05, 3.63) is 70.5 Å². The fourth-order valence-corrected chi connectivity index (χ4v) is 6.43. The molecule has 2 heterocycles. The molecule has 4 rings (SSSR count). The Bertz CT molecular complexity index is 1560. The lowest BCUT2D eigenvalue weighted by Crippen LogP contribution is -3.14. The van der Waals surface area contributed by atoms with Crippen molar-refractivity contribution in [2.24, 2.45) is 0 Å². The number of quaternary nitrogens is 1. The maximum Gasteiger partial charge on any atom is 0.274 e. The maximum atomic E-state index is 12.7. The first-order valence-electron chi connectivity index (χ1n) is 21.8. The van der Waals surface area contributed by atoms with Gasteiger partial charge in [-0.25, -0.2) is 9.97 Å². The highest BCUT2D eigenvalue weighted by atomic mass is 35.5. The Morgan fingerprint density at radius 2 is 1.15 bits per heavy atom. The number of hydrogen-bond donors (Lipinski definition) is 4. The molecule has 2 unspecified atom stereocenters. The summed E-state index contributed by atoms with van der Waals surface area (Å²) in [6.45, 7) is 17.5. The number of anilines is 2. The first-order chi connectivity index (χ1) is 30.3. The molecule has 1 aromatic heterocycles. The minimum atomic E-state index is -0.371. The van der Waals surface area contributed by atoms with Crippen molar-refractivity contribution in [2.75, 3.05) is 130 Å². The van der Waals surface area contributed by atoms with Crippen LogP contribution in [-0.2, 0) is 41.3 Å². The summed E-state index contributed by atoms with van der Waals surface area (Å²) in [5, 5.41) is 3.01. The van der Waals surface area contributed by atoms with Crippen LogP contribution < -0.4 is 31.2 Å². The van der Waals surface area contributed by atoms with Crippen molar-refractivity contribution in [3.8, 4) is 11.5 Å². The van der Waals surface area contributed by atoms with Crippen LogP contribution >= 0.6 is 23.2 Å². The second-order valence-corrected chi connectivity index (χ2v) is 14.4. The average molecular weight is 913 g/mol. The third-order valence-electron chi connectivity index (χ3n) is 9.34. The first kappa shape index (κ1) is 54.6. The number of nitrogens with zero attached hydrogens (tertiary/aromatic N) is 2. The number of carbonyl (C=O) groups excluding carboxylic acids is 1. The molecule has 0 saturated carbocycles. The van der Waals surface area contributed by atoms with Gasteiger partial charge in [-0.15, -0.1) is 11.6 Å². The van der Waals surface area contributed by atoms with E-state index in [0.29, 0.717) is 85.9 Å². The number of nitrogens with two attached hydrogens (primary N) is 2. The van der Waals surface area contributed by atoms with Crippen LogP contribution in [0.15, 0.2) is 48.5 Å². The fourth-order valence-electron chi connectivity index (χ4n) is 6.30. The van der Waals surface area contributed by atoms with Crippen LogP contribution in [0.3, 0.4) is 0 Å². The SMILES string of the molecule is CCCc1ccc(OCCOCCOCCOCC)cc1.CCOCCOCCOCCOc1ccc(CCC[NH+]2CCCC(NC(=O)c3nc(Cl)c(N)nc3N)C2)cc1.CCl. The number of aryl methyl sites for hydroxylation is 2. The third-order valence-corrected chi connectivity index (χ3v) is 9.62. The first-order valence-corrected chi connectivity index (χ1v) is 23.0. The van der Waals surface area contributed by atoms with Gasteiger partial charge in [0.05, 0.1) is 91.7 Å². The van der Waals surface area contributed by atoms with Crippen LogP contribution in [0.4, 0.5) is 11.6 Å². The van der Waals surface area contributed by atoms with E-state index < -0.39 is 0 Å². The number of amides is 1. The van der Waals surface area contributed by atoms with Crippen LogP contribution in [-0.4, -0.2) is 140 Å². The van der Waals surface area contributed by atoms with E-state index in [4.69, 9.17) is 61.0 Å². The average Bonchev–Trinajstić information content (AvgIpc) is 3.28. The Balaban J connectivity index is 0.000000485. The number of carbonyl (C=O) groups is 1. The summed E-state index contributed by atoms with van der Waals surface area (Å²) < 4.78 is 43.5. The number of benzene rings is 2. The number of aromatic nitrogens is 2. The highest BCUT2D eigenvalue weighted by molar-refractivity contribution is 6.31. The number of nitrogen functional groups attached to an aromatic ring is 2. The fraction of sp³-hybridized carbons (Fsp3) is 0.622. The van der Waals surface area contributed by atoms with Crippen molar-refractivity contribution >= 4 is 40.7 Å². The van der Waals surface area contributed by atoms with Gasteiger partial charge in [-0.3, -0.25) is 4.79 Å². The second kappa shape index (κ2) is 35.9. The van der Waals surface area contributed by atoms with E-state index in [0.717, 1.165) is 69.8 Å². The van der Waals surface area contributed by atoms with E-state index in [9.17, 15) is 4.79 Å². The van der Waals surface area contributed by atoms with Gasteiger partial charge in [0.15, 0.2) is 22.5 Å². The van der Waals surface area contributed by atoms with Crippen LogP contribution in [0.5, 0.6) is 11.5 Å². The van der Waals surface area contributed by atoms with Gasteiger partial charge >= 0.3 is 0 Å². The normalized spacial score (nSPS) is 14.5. The molecule has 0 radical (unpaired) electrons. The van der Waals surface area contributed by atoms with Gasteiger partial charge in [0, 0.05) is 26.0 Å². The lowest BCUT2D eigenvalue weighted by atomic mass is 10.0. The molecule has 2 atom stereocenters. The number of ether oxygens (including phenoxy) is 8. The zero-order valence-corrected chi connectivity index (χ0v) is 39.0. The molecule has 15 nitrogen and oxygen atoms in total. The van der Waals surface area contributed by atoms with Crippen LogP contribution in [0.1, 0.15) is 68.1 Å². The zero-order chi connectivity index (χ0) is 45.0. The molecule has 0 spiro atoms. The monoisotopic (exact) mass is 911 g/mol. The number of piperidine rings is 1. The van der Waals surface area contributed by atoms with E-state index in [1.807, 2.05) is 38.1 Å². The van der Waals surface area contributed by atoms with E-state index >= 15 is 0 Å². The number of likely N-dealkylation sites (tertiary alicyclic amines) is 1. The van der Waals surface area contributed by atoms with Gasteiger partial charge in [-0.05, 0) is 74.9 Å². The van der Waals surface area contributed by atoms with E-state index in [1.165, 1.54) is 28.8 Å². The summed E-state index contributed by atoms with van der Waals surface area (Å²) in [5.41, 5.74) is 14.1. The molecular weight excluding hydrogens is 839 g/mol. The quantitative estimate of drug-likeness (QED) is 0.0513. The van der Waals surface area contributed by atoms with Crippen LogP contribution in [0, 0.1) is 0 Å². The highest BCUT2D eigenvalue weighted by Crippen LogP contribution is 2.18. The van der Waals surface area contributed by atoms with Crippen molar-refractivity contribution in [3.63, 3.8) is 0 Å². The van der Waals surface area contributed by atoms with Gasteiger partial charge in [0.1, 0.15) is 24.7 Å². The number of rotatable bonds is 30. The van der Waals surface area contributed by atoms with E-state index in [-0.39, 0.29) is 34.4 Å². The summed E-state index contributed by atoms with van der Waals surface area (Å²) >= 11 is 10.6. The molecule has 1 amide bonds. The minimum absolute atomic E-state index is 0.0116. The molecule has 1 fully saturated rings. The molecule has 2 aromatic carbocycles. The summed E-state index contributed by atoms with van der Waals surface area (Å²) in [5.74, 6) is 1.35. The van der Waals surface area contributed by atoms with Gasteiger partial charge in [0.25, 0.3) is 5.91 Å². The molecule has 62 heavy (non-hydrogen) atoms. The Kier molecular flexibility index (Phi) is 31.6. The summed E-state index contributed by atoms with van der Waals surface area (Å²) in [6.07, 6.45) is 7.76. The number of alkyl halides is 1. The van der Waals surface area contributed by atoms with Crippen LogP contribution in [0.2, 0.25) is 5.15 Å². The van der Waals surface area contributed by atoms with Gasteiger partial charge in [-0.2, -0.15) is 0 Å². The number of nitrogens with one attached hydrogen (secondary N) is 2. The maximum absolute atomic E-state index is 12.7. The molecule has 0 aliphatic carbocycles. The second-order valence-electron chi connectivity index (χ2n) is 14.1. The van der Waals surface area contributed by atoms with E-state index in [1.54, 1.807) is 0 Å². The van der Waals surface area contributed by atoms with E-state index in [2.05, 4.69) is 58.1 Å². The predicted octanol–water partition coefficient (Wildman–Crippen LogP) is 5.10. The topological polar surface area (TPSA) is 185 Å². The number of halogens is 2. The Hall–Kier alpha value is -3.51. The van der Waals surface area contributed by atoms with Crippen molar-refractivity contribution in [1.82, 2.24) is 15.3 Å². The molecular formula is C45H73Cl2N6O9+. The minimum Gasteiger partial charge on any atom is -0.491 e. The molecule has 1 aliphatic rings. The zero-order valence-electron chi connectivity index (χ0n) is 37.4. The molecule has 1 aliphatic heterocycles. The molecule has 3 aromatic rings. The lowest BCUT2D eigenvalue weighted by molar-refractivity contribution is -0.906. The smallest absolute Gasteiger partial charge is 0.274 e. The predicted molar refractivity (Wildman–Crippen MR) is 246 cm³/mol. The standard InChI is InChI=1S/C27H41ClN6O5.C17H28O4.CH3Cl/c1-2-36-13-14-37-15-16-38-17-18-39-22-9-7-20(8-10-22)5-3-11-34-12-4-6-21(19-34)31-27(35)23-25(29)33-26(30)24(28)32-23;1-3-5-16-6-8-17(9-7-16)21-15-14-20-13-12-19-11-10-18-4-2;1-2/h7-10,21H,2-6,11-19H2,1H3,(H,31,35)(H4,29,30,33);6-9H,3-5,10-15H2,1-2H3;1H3/p+1. The Morgan fingerprint density at radius 3 is 1.63 bits per heavy atom. The number of hydrogen-bond acceptors (Lipinski definition) is 13. The highest BCUT2D eigenvalue weighted by Gasteiger charge is 2.26. The lowest BCUT2D eigenvalue weighted by Gasteiger charge is -2.30. The van der Waals surface area contributed by atoms with Gasteiger partial charge in [0.2, 0.25) is 0 Å². The van der Waals surface area contributed by atoms with Crippen molar-refractivity contribution in [2.45, 2.75) is 65.3 Å². The third kappa shape index (κ3) is 25.0. The Labute approximate surface area is 379 Å².